The Bertz CT molecular complexity index is 664. The topological polar surface area (TPSA) is 98.9 Å². The fraction of sp³-hybridized carbons (Fsp3) is 0.533. The zero-order valence-corrected chi connectivity index (χ0v) is 13.4. The van der Waals surface area contributed by atoms with Gasteiger partial charge in [0.1, 0.15) is 5.82 Å². The lowest BCUT2D eigenvalue weighted by atomic mass is 10.2. The van der Waals surface area contributed by atoms with Gasteiger partial charge in [-0.1, -0.05) is 6.92 Å². The summed E-state index contributed by atoms with van der Waals surface area (Å²) in [4.78, 5) is 21.9. The van der Waals surface area contributed by atoms with Gasteiger partial charge in [0.25, 0.3) is 5.91 Å². The van der Waals surface area contributed by atoms with Crippen molar-refractivity contribution in [2.24, 2.45) is 0 Å². The highest BCUT2D eigenvalue weighted by atomic mass is 16.5. The first-order valence-corrected chi connectivity index (χ1v) is 7.82. The summed E-state index contributed by atoms with van der Waals surface area (Å²) in [5.41, 5.74) is 1.61. The van der Waals surface area contributed by atoms with Crippen LogP contribution >= 0.6 is 0 Å². The van der Waals surface area contributed by atoms with E-state index >= 15 is 0 Å². The van der Waals surface area contributed by atoms with Crippen LogP contribution in [0.5, 0.6) is 0 Å². The van der Waals surface area contributed by atoms with Gasteiger partial charge in [0.15, 0.2) is 5.82 Å². The Hall–Kier alpha value is -2.19. The molecule has 23 heavy (non-hydrogen) atoms. The van der Waals surface area contributed by atoms with E-state index in [9.17, 15) is 4.79 Å². The molecule has 1 unspecified atom stereocenters. The molecule has 8 heteroatoms. The first-order chi connectivity index (χ1) is 11.2. The molecule has 2 aromatic heterocycles. The highest BCUT2D eigenvalue weighted by Gasteiger charge is 2.25. The number of carbonyl (C=O) groups is 1. The number of carbonyl (C=O) groups excluding carboxylic acids is 1. The molecule has 0 aliphatic carbocycles. The number of aryl methyl sites for hydroxylation is 1. The number of hydrogen-bond acceptors (Lipinski definition) is 5. The van der Waals surface area contributed by atoms with Gasteiger partial charge in [-0.25, -0.2) is 4.98 Å². The second kappa shape index (κ2) is 6.93. The van der Waals surface area contributed by atoms with Gasteiger partial charge in [-0.2, -0.15) is 5.10 Å². The van der Waals surface area contributed by atoms with Gasteiger partial charge >= 0.3 is 0 Å². The number of ether oxygens (including phenoxy) is 1. The van der Waals surface area contributed by atoms with Crippen molar-refractivity contribution in [3.8, 4) is 0 Å². The second-order valence-corrected chi connectivity index (χ2v) is 5.62. The molecule has 0 spiro atoms. The summed E-state index contributed by atoms with van der Waals surface area (Å²) >= 11 is 0. The third-order valence-corrected chi connectivity index (χ3v) is 4.09. The molecule has 1 aliphatic rings. The predicted molar refractivity (Wildman–Crippen MR) is 83.9 cm³/mol. The quantitative estimate of drug-likeness (QED) is 0.751. The van der Waals surface area contributed by atoms with Crippen molar-refractivity contribution in [2.75, 3.05) is 26.8 Å². The number of likely N-dealkylation sites (N-methyl/N-ethyl adjacent to an activating group) is 1. The Morgan fingerprint density at radius 2 is 2.43 bits per heavy atom. The lowest BCUT2D eigenvalue weighted by Gasteiger charge is -2.30. The van der Waals surface area contributed by atoms with Crippen LogP contribution in [-0.4, -0.2) is 57.8 Å². The van der Waals surface area contributed by atoms with Crippen LogP contribution in [0, 0.1) is 0 Å². The number of H-pyrrole nitrogens is 2. The van der Waals surface area contributed by atoms with Gasteiger partial charge in [0.05, 0.1) is 31.4 Å². The van der Waals surface area contributed by atoms with E-state index in [-0.39, 0.29) is 11.9 Å². The van der Waals surface area contributed by atoms with E-state index in [0.717, 1.165) is 25.3 Å². The molecule has 1 atom stereocenters. The minimum Gasteiger partial charge on any atom is -0.378 e. The van der Waals surface area contributed by atoms with Crippen LogP contribution in [0.15, 0.2) is 12.3 Å². The normalized spacial score (nSPS) is 19.0. The van der Waals surface area contributed by atoms with Crippen LogP contribution in [0.2, 0.25) is 0 Å². The number of amides is 1. The van der Waals surface area contributed by atoms with Crippen molar-refractivity contribution in [2.45, 2.75) is 25.9 Å². The number of nitrogens with one attached hydrogen (secondary N) is 3. The fourth-order valence-electron chi connectivity index (χ4n) is 2.66. The first kappa shape index (κ1) is 15.7. The number of nitrogens with zero attached hydrogens (tertiary/aromatic N) is 3. The molecule has 0 aromatic carbocycles. The number of aromatic amines is 2. The zero-order chi connectivity index (χ0) is 16.2. The van der Waals surface area contributed by atoms with Gasteiger partial charge < -0.3 is 15.0 Å². The Morgan fingerprint density at radius 1 is 1.57 bits per heavy atom. The van der Waals surface area contributed by atoms with Gasteiger partial charge in [0, 0.05) is 18.4 Å². The average molecular weight is 318 g/mol. The molecule has 124 valence electrons. The molecule has 1 fully saturated rings. The van der Waals surface area contributed by atoms with E-state index in [1.54, 1.807) is 12.3 Å². The molecule has 2 aromatic rings. The van der Waals surface area contributed by atoms with E-state index in [2.05, 4.69) is 30.4 Å². The Balaban J connectivity index is 1.60. The van der Waals surface area contributed by atoms with Crippen LogP contribution in [0.4, 0.5) is 0 Å². The number of morpholine rings is 1. The van der Waals surface area contributed by atoms with Crippen LogP contribution in [0.25, 0.3) is 0 Å². The van der Waals surface area contributed by atoms with E-state index < -0.39 is 0 Å². The minimum absolute atomic E-state index is 0.0563. The monoisotopic (exact) mass is 318 g/mol. The molecule has 1 aliphatic heterocycles. The molecule has 8 nitrogen and oxygen atoms in total. The molecular formula is C15H22N6O2. The van der Waals surface area contributed by atoms with Gasteiger partial charge in [-0.3, -0.25) is 14.8 Å². The predicted octanol–water partition coefficient (Wildman–Crippen LogP) is 0.628. The summed E-state index contributed by atoms with van der Waals surface area (Å²) in [5, 5.41) is 10.0. The van der Waals surface area contributed by atoms with Crippen molar-refractivity contribution < 1.29 is 9.53 Å². The molecule has 0 bridgehead atoms. The summed E-state index contributed by atoms with van der Waals surface area (Å²) in [7, 11) is 2.03. The molecule has 3 rings (SSSR count). The van der Waals surface area contributed by atoms with Gasteiger partial charge in [-0.15, -0.1) is 0 Å². The standard InChI is InChI=1S/C15H22N6O2/c1-3-11-10(4-5-16-11)15(22)17-8-13-18-14(20-19-13)12-9-23-7-6-21(12)2/h4-5,12,16H,3,6-9H2,1-2H3,(H,17,22)(H,18,19,20). The van der Waals surface area contributed by atoms with Crippen LogP contribution in [0.3, 0.4) is 0 Å². The summed E-state index contributed by atoms with van der Waals surface area (Å²) in [6.45, 7) is 4.50. The Kier molecular flexibility index (Phi) is 4.73. The van der Waals surface area contributed by atoms with Crippen LogP contribution < -0.4 is 5.32 Å². The van der Waals surface area contributed by atoms with Crippen LogP contribution in [0.1, 0.15) is 40.7 Å². The van der Waals surface area contributed by atoms with Crippen molar-refractivity contribution in [1.29, 1.82) is 0 Å². The molecule has 1 saturated heterocycles. The Labute approximate surface area is 134 Å². The SMILES string of the molecule is CCc1[nH]ccc1C(=O)NCc1nc(C2COCCN2C)n[nH]1. The van der Waals surface area contributed by atoms with Crippen molar-refractivity contribution in [3.63, 3.8) is 0 Å². The zero-order valence-electron chi connectivity index (χ0n) is 13.4. The van der Waals surface area contributed by atoms with Crippen LogP contribution in [-0.2, 0) is 17.7 Å². The van der Waals surface area contributed by atoms with E-state index in [1.807, 2.05) is 14.0 Å². The third kappa shape index (κ3) is 3.43. The summed E-state index contributed by atoms with van der Waals surface area (Å²) in [6, 6.07) is 1.84. The number of rotatable bonds is 5. The molecule has 3 N–H and O–H groups in total. The number of hydrogen-bond donors (Lipinski definition) is 3. The maximum absolute atomic E-state index is 12.2. The summed E-state index contributed by atoms with van der Waals surface area (Å²) in [5.74, 6) is 1.23. The highest BCUT2D eigenvalue weighted by molar-refractivity contribution is 5.95. The third-order valence-electron chi connectivity index (χ3n) is 4.09. The van der Waals surface area contributed by atoms with Crippen molar-refractivity contribution in [1.82, 2.24) is 30.4 Å². The molecule has 3 heterocycles. The lowest BCUT2D eigenvalue weighted by Crippen LogP contribution is -2.37. The summed E-state index contributed by atoms with van der Waals surface area (Å²) < 4.78 is 5.48. The van der Waals surface area contributed by atoms with E-state index in [0.29, 0.717) is 30.4 Å². The van der Waals surface area contributed by atoms with E-state index in [4.69, 9.17) is 4.74 Å². The second-order valence-electron chi connectivity index (χ2n) is 5.62. The minimum atomic E-state index is -0.112. The fourth-order valence-corrected chi connectivity index (χ4v) is 2.66. The maximum atomic E-state index is 12.2. The number of aromatic nitrogens is 4. The largest absolute Gasteiger partial charge is 0.378 e. The van der Waals surface area contributed by atoms with Crippen molar-refractivity contribution in [3.05, 3.63) is 35.2 Å². The van der Waals surface area contributed by atoms with Gasteiger partial charge in [0.2, 0.25) is 0 Å². The summed E-state index contributed by atoms with van der Waals surface area (Å²) in [6.07, 6.45) is 2.56. The maximum Gasteiger partial charge on any atom is 0.253 e. The molecule has 1 amide bonds. The molecular weight excluding hydrogens is 296 g/mol. The molecule has 0 saturated carbocycles. The van der Waals surface area contributed by atoms with Gasteiger partial charge in [-0.05, 0) is 19.5 Å². The highest BCUT2D eigenvalue weighted by Crippen LogP contribution is 2.18. The van der Waals surface area contributed by atoms with E-state index in [1.165, 1.54) is 0 Å². The smallest absolute Gasteiger partial charge is 0.253 e. The van der Waals surface area contributed by atoms with Crippen molar-refractivity contribution >= 4 is 5.91 Å². The first-order valence-electron chi connectivity index (χ1n) is 7.82. The molecule has 0 radical (unpaired) electrons. The average Bonchev–Trinajstić information content (AvgIpc) is 3.22. The Morgan fingerprint density at radius 3 is 3.22 bits per heavy atom. The lowest BCUT2D eigenvalue weighted by molar-refractivity contribution is 0.00193.